The van der Waals surface area contributed by atoms with Crippen molar-refractivity contribution >= 4 is 16.9 Å². The van der Waals surface area contributed by atoms with Crippen LogP contribution in [0.4, 0.5) is 0 Å². The number of carbonyl (C=O) groups is 1. The number of nitrogens with one attached hydrogen (secondary N) is 1. The van der Waals surface area contributed by atoms with E-state index in [9.17, 15) is 4.79 Å². The molecule has 0 bridgehead atoms. The number of pyridine rings is 1. The number of hydrogen-bond acceptors (Lipinski definition) is 5. The third-order valence-electron chi connectivity index (χ3n) is 5.69. The fourth-order valence-corrected chi connectivity index (χ4v) is 3.83. The predicted octanol–water partition coefficient (Wildman–Crippen LogP) is 3.49. The smallest absolute Gasteiger partial charge is 0.252 e. The highest BCUT2D eigenvalue weighted by molar-refractivity contribution is 6.07. The van der Waals surface area contributed by atoms with E-state index in [2.05, 4.69) is 15.5 Å². The second-order valence-electron chi connectivity index (χ2n) is 7.70. The van der Waals surface area contributed by atoms with Crippen molar-refractivity contribution in [3.8, 4) is 17.0 Å². The first-order valence-corrected chi connectivity index (χ1v) is 10.1. The van der Waals surface area contributed by atoms with Crippen LogP contribution < -0.4 is 10.1 Å². The van der Waals surface area contributed by atoms with E-state index in [4.69, 9.17) is 9.72 Å². The van der Waals surface area contributed by atoms with E-state index in [-0.39, 0.29) is 11.9 Å². The minimum Gasteiger partial charge on any atom is -0.497 e. The summed E-state index contributed by atoms with van der Waals surface area (Å²) in [6.07, 6.45) is 1.79. The Bertz CT molecular complexity index is 1270. The van der Waals surface area contributed by atoms with Gasteiger partial charge in [-0.15, -0.1) is 0 Å². The van der Waals surface area contributed by atoms with E-state index >= 15 is 0 Å². The van der Waals surface area contributed by atoms with Crippen LogP contribution in [-0.4, -0.2) is 37.6 Å². The Labute approximate surface area is 180 Å². The second-order valence-corrected chi connectivity index (χ2v) is 7.70. The number of fused-ring (bicyclic) bond motifs is 1. The number of ether oxygens (including phenoxy) is 1. The highest BCUT2D eigenvalue weighted by atomic mass is 16.5. The summed E-state index contributed by atoms with van der Waals surface area (Å²) in [5.41, 5.74) is 5.58. The first kappa shape index (κ1) is 20.6. The van der Waals surface area contributed by atoms with Crippen LogP contribution in [0.3, 0.4) is 0 Å². The molecule has 0 unspecified atom stereocenters. The number of methoxy groups -OCH3 is 1. The van der Waals surface area contributed by atoms with Gasteiger partial charge in [0.2, 0.25) is 0 Å². The Kier molecular flexibility index (Phi) is 5.22. The summed E-state index contributed by atoms with van der Waals surface area (Å²) in [7, 11) is 5.36. The topological polar surface area (TPSA) is 86.9 Å². The Balaban J connectivity index is 1.78. The Morgan fingerprint density at radius 1 is 1.13 bits per heavy atom. The maximum atomic E-state index is 13.4. The van der Waals surface area contributed by atoms with Crippen molar-refractivity contribution in [1.82, 2.24) is 29.9 Å². The zero-order chi connectivity index (χ0) is 22.3. The van der Waals surface area contributed by atoms with Crippen molar-refractivity contribution in [3.63, 3.8) is 0 Å². The van der Waals surface area contributed by atoms with Crippen molar-refractivity contribution in [2.24, 2.45) is 14.1 Å². The zero-order valence-corrected chi connectivity index (χ0v) is 18.6. The van der Waals surface area contributed by atoms with Crippen molar-refractivity contribution < 1.29 is 9.53 Å². The summed E-state index contributed by atoms with van der Waals surface area (Å²) in [4.78, 5) is 18.2. The summed E-state index contributed by atoms with van der Waals surface area (Å²) < 4.78 is 8.76. The standard InChI is InChI=1S/C23H26N6O2/c1-13(19-12-24-28(4)15(19)3)25-23(30)18-11-20(16-7-9-17(31-6)10-8-16)26-22-21(18)14(2)27-29(22)5/h7-13H,1-6H3,(H,25,30)/t13-/m0/s1. The molecule has 3 aromatic heterocycles. The van der Waals surface area contributed by atoms with Gasteiger partial charge in [-0.1, -0.05) is 0 Å². The number of benzene rings is 1. The molecule has 1 atom stereocenters. The van der Waals surface area contributed by atoms with Crippen molar-refractivity contribution in [3.05, 3.63) is 59.0 Å². The largest absolute Gasteiger partial charge is 0.497 e. The number of hydrogen-bond donors (Lipinski definition) is 1. The molecule has 0 aliphatic carbocycles. The van der Waals surface area contributed by atoms with E-state index in [1.807, 2.05) is 65.2 Å². The zero-order valence-electron chi connectivity index (χ0n) is 18.6. The Morgan fingerprint density at radius 2 is 1.84 bits per heavy atom. The predicted molar refractivity (Wildman–Crippen MR) is 119 cm³/mol. The highest BCUT2D eigenvalue weighted by Gasteiger charge is 2.22. The summed E-state index contributed by atoms with van der Waals surface area (Å²) in [6.45, 7) is 5.84. The lowest BCUT2D eigenvalue weighted by Crippen LogP contribution is -2.27. The minimum absolute atomic E-state index is 0.172. The van der Waals surface area contributed by atoms with E-state index in [1.54, 1.807) is 22.7 Å². The van der Waals surface area contributed by atoms with Gasteiger partial charge in [0, 0.05) is 30.9 Å². The molecule has 0 aliphatic rings. The van der Waals surface area contributed by atoms with Gasteiger partial charge < -0.3 is 10.1 Å². The van der Waals surface area contributed by atoms with Gasteiger partial charge in [-0.25, -0.2) is 4.98 Å². The minimum atomic E-state index is -0.189. The lowest BCUT2D eigenvalue weighted by Gasteiger charge is -2.15. The monoisotopic (exact) mass is 418 g/mol. The first-order chi connectivity index (χ1) is 14.8. The van der Waals surface area contributed by atoms with Crippen LogP contribution in [0.2, 0.25) is 0 Å². The van der Waals surface area contributed by atoms with Crippen LogP contribution >= 0.6 is 0 Å². The Hall–Kier alpha value is -3.68. The highest BCUT2D eigenvalue weighted by Crippen LogP contribution is 2.28. The molecular weight excluding hydrogens is 392 g/mol. The van der Waals surface area contributed by atoms with Gasteiger partial charge in [0.1, 0.15) is 5.75 Å². The van der Waals surface area contributed by atoms with Gasteiger partial charge in [-0.2, -0.15) is 10.2 Å². The SMILES string of the molecule is COc1ccc(-c2cc(C(=O)N[C@@H](C)c3cnn(C)c3C)c3c(C)nn(C)c3n2)cc1. The molecule has 4 rings (SSSR count). The summed E-state index contributed by atoms with van der Waals surface area (Å²) in [5.74, 6) is 0.592. The molecule has 1 aromatic carbocycles. The number of rotatable bonds is 5. The van der Waals surface area contributed by atoms with Crippen molar-refractivity contribution in [2.75, 3.05) is 7.11 Å². The number of carbonyl (C=O) groups excluding carboxylic acids is 1. The summed E-state index contributed by atoms with van der Waals surface area (Å²) in [6, 6.07) is 9.26. The molecule has 0 fully saturated rings. The molecule has 8 nitrogen and oxygen atoms in total. The molecule has 31 heavy (non-hydrogen) atoms. The van der Waals surface area contributed by atoms with E-state index in [0.29, 0.717) is 16.9 Å². The molecule has 0 aliphatic heterocycles. The van der Waals surface area contributed by atoms with E-state index in [1.165, 1.54) is 0 Å². The number of aryl methyl sites for hydroxylation is 3. The molecule has 1 N–H and O–H groups in total. The van der Waals surface area contributed by atoms with Crippen LogP contribution in [-0.2, 0) is 14.1 Å². The van der Waals surface area contributed by atoms with Crippen LogP contribution in [0.1, 0.15) is 40.3 Å². The Morgan fingerprint density at radius 3 is 2.45 bits per heavy atom. The van der Waals surface area contributed by atoms with Gasteiger partial charge in [0.25, 0.3) is 5.91 Å². The molecule has 0 saturated carbocycles. The summed E-state index contributed by atoms with van der Waals surface area (Å²) in [5, 5.41) is 12.6. The average molecular weight is 419 g/mol. The lowest BCUT2D eigenvalue weighted by atomic mass is 10.0. The van der Waals surface area contributed by atoms with Crippen LogP contribution in [0, 0.1) is 13.8 Å². The lowest BCUT2D eigenvalue weighted by molar-refractivity contribution is 0.0941. The number of nitrogens with zero attached hydrogens (tertiary/aromatic N) is 5. The third-order valence-corrected chi connectivity index (χ3v) is 5.69. The fourth-order valence-electron chi connectivity index (χ4n) is 3.83. The quantitative estimate of drug-likeness (QED) is 0.536. The molecule has 0 spiro atoms. The molecule has 4 aromatic rings. The van der Waals surface area contributed by atoms with Crippen molar-refractivity contribution in [2.45, 2.75) is 26.8 Å². The maximum Gasteiger partial charge on any atom is 0.252 e. The second kappa shape index (κ2) is 7.86. The van der Waals surface area contributed by atoms with Crippen LogP contribution in [0.5, 0.6) is 5.75 Å². The van der Waals surface area contributed by atoms with Gasteiger partial charge in [-0.3, -0.25) is 14.2 Å². The first-order valence-electron chi connectivity index (χ1n) is 10.1. The van der Waals surface area contributed by atoms with E-state index < -0.39 is 0 Å². The summed E-state index contributed by atoms with van der Waals surface area (Å²) >= 11 is 0. The number of amides is 1. The fraction of sp³-hybridized carbons (Fsp3) is 0.304. The van der Waals surface area contributed by atoms with Gasteiger partial charge in [0.05, 0.1) is 41.7 Å². The number of aromatic nitrogens is 5. The average Bonchev–Trinajstić information content (AvgIpc) is 3.25. The third kappa shape index (κ3) is 3.65. The maximum absolute atomic E-state index is 13.4. The van der Waals surface area contributed by atoms with Crippen LogP contribution in [0.15, 0.2) is 36.5 Å². The van der Waals surface area contributed by atoms with Gasteiger partial charge in [0.15, 0.2) is 5.65 Å². The van der Waals surface area contributed by atoms with E-state index in [0.717, 1.165) is 33.7 Å². The van der Waals surface area contributed by atoms with Gasteiger partial charge >= 0.3 is 0 Å². The van der Waals surface area contributed by atoms with Crippen molar-refractivity contribution in [1.29, 1.82) is 0 Å². The molecular formula is C23H26N6O2. The van der Waals surface area contributed by atoms with Gasteiger partial charge in [-0.05, 0) is 51.1 Å². The molecule has 8 heteroatoms. The molecule has 160 valence electrons. The molecule has 1 amide bonds. The molecule has 0 saturated heterocycles. The van der Waals surface area contributed by atoms with Crippen LogP contribution in [0.25, 0.3) is 22.3 Å². The normalized spacial score (nSPS) is 12.2. The molecule has 0 radical (unpaired) electrons. The molecule has 3 heterocycles.